The van der Waals surface area contributed by atoms with E-state index in [-0.39, 0.29) is 44.0 Å². The molecule has 0 radical (unpaired) electrons. The Hall–Kier alpha value is -4.00. The van der Waals surface area contributed by atoms with E-state index in [0.717, 1.165) is 36.4 Å². The molecule has 0 saturated heterocycles. The number of hydrogen-bond donors (Lipinski definition) is 0. The Bertz CT molecular complexity index is 1590. The smallest absolute Gasteiger partial charge is 0.159 e. The van der Waals surface area contributed by atoms with Crippen molar-refractivity contribution in [2.45, 2.75) is 0 Å². The molecule has 0 bridgehead atoms. The van der Waals surface area contributed by atoms with Gasteiger partial charge >= 0.3 is 0 Å². The SMILES string of the molecule is COc1cc(F)c(-c2c3ccccc3c(-c3ccc(F)c(F)c3)c3c(F)ccc(F)c23)c(F)c1. The minimum absolute atomic E-state index is 0.0691. The van der Waals surface area contributed by atoms with E-state index in [1.165, 1.54) is 19.2 Å². The lowest BCUT2D eigenvalue weighted by molar-refractivity contribution is 0.407. The molecular formula is C27H14F6O. The zero-order valence-corrected chi connectivity index (χ0v) is 17.5. The van der Waals surface area contributed by atoms with Crippen LogP contribution in [0.25, 0.3) is 43.8 Å². The van der Waals surface area contributed by atoms with E-state index in [0.29, 0.717) is 0 Å². The third kappa shape index (κ3) is 3.27. The van der Waals surface area contributed by atoms with Crippen molar-refractivity contribution in [3.05, 3.63) is 102 Å². The zero-order valence-electron chi connectivity index (χ0n) is 17.5. The van der Waals surface area contributed by atoms with Gasteiger partial charge in [-0.15, -0.1) is 0 Å². The first-order chi connectivity index (χ1) is 16.3. The van der Waals surface area contributed by atoms with Gasteiger partial charge in [0.2, 0.25) is 0 Å². The molecule has 0 aliphatic carbocycles. The van der Waals surface area contributed by atoms with Crippen LogP contribution >= 0.6 is 0 Å². The number of rotatable bonds is 3. The first-order valence-corrected chi connectivity index (χ1v) is 10.1. The van der Waals surface area contributed by atoms with Crippen LogP contribution in [-0.2, 0) is 0 Å². The topological polar surface area (TPSA) is 9.23 Å². The molecule has 0 aliphatic rings. The van der Waals surface area contributed by atoms with Gasteiger partial charge in [0, 0.05) is 34.0 Å². The molecule has 5 rings (SSSR count). The number of hydrogen-bond acceptors (Lipinski definition) is 1. The molecule has 0 N–H and O–H groups in total. The molecule has 0 fully saturated rings. The Morgan fingerprint density at radius 3 is 1.59 bits per heavy atom. The summed E-state index contributed by atoms with van der Waals surface area (Å²) >= 11 is 0. The summed E-state index contributed by atoms with van der Waals surface area (Å²) in [7, 11) is 1.24. The highest BCUT2D eigenvalue weighted by Crippen LogP contribution is 2.47. The lowest BCUT2D eigenvalue weighted by Crippen LogP contribution is -2.00. The van der Waals surface area contributed by atoms with Crippen LogP contribution in [0.15, 0.2) is 66.7 Å². The lowest BCUT2D eigenvalue weighted by atomic mass is 9.85. The minimum atomic E-state index is -1.18. The molecule has 0 heterocycles. The van der Waals surface area contributed by atoms with Gasteiger partial charge in [0.1, 0.15) is 29.0 Å². The maximum absolute atomic E-state index is 15.3. The fourth-order valence-electron chi connectivity index (χ4n) is 4.35. The molecule has 0 spiro atoms. The predicted molar refractivity (Wildman–Crippen MR) is 119 cm³/mol. The van der Waals surface area contributed by atoms with Crippen LogP contribution in [0.5, 0.6) is 5.75 Å². The van der Waals surface area contributed by atoms with Crippen molar-refractivity contribution in [3.8, 4) is 28.0 Å². The minimum Gasteiger partial charge on any atom is -0.497 e. The number of benzene rings is 5. The highest BCUT2D eigenvalue weighted by molar-refractivity contribution is 6.21. The van der Waals surface area contributed by atoms with Gasteiger partial charge in [-0.2, -0.15) is 0 Å². The second-order valence-corrected chi connectivity index (χ2v) is 7.67. The maximum Gasteiger partial charge on any atom is 0.159 e. The van der Waals surface area contributed by atoms with E-state index >= 15 is 17.6 Å². The van der Waals surface area contributed by atoms with Crippen molar-refractivity contribution in [3.63, 3.8) is 0 Å². The summed E-state index contributed by atoms with van der Waals surface area (Å²) in [6.07, 6.45) is 0. The van der Waals surface area contributed by atoms with Gasteiger partial charge < -0.3 is 4.74 Å². The van der Waals surface area contributed by atoms with Gasteiger partial charge in [0.15, 0.2) is 11.6 Å². The van der Waals surface area contributed by atoms with Crippen molar-refractivity contribution >= 4 is 21.5 Å². The highest BCUT2D eigenvalue weighted by atomic mass is 19.2. The fourth-order valence-corrected chi connectivity index (χ4v) is 4.35. The molecule has 170 valence electrons. The molecule has 0 amide bonds. The monoisotopic (exact) mass is 468 g/mol. The molecule has 34 heavy (non-hydrogen) atoms. The molecule has 0 saturated carbocycles. The largest absolute Gasteiger partial charge is 0.497 e. The highest BCUT2D eigenvalue weighted by Gasteiger charge is 2.26. The van der Waals surface area contributed by atoms with Gasteiger partial charge in [0.05, 0.1) is 12.7 Å². The third-order valence-corrected chi connectivity index (χ3v) is 5.78. The van der Waals surface area contributed by atoms with Gasteiger partial charge in [-0.05, 0) is 40.6 Å². The van der Waals surface area contributed by atoms with E-state index < -0.39 is 40.5 Å². The Morgan fingerprint density at radius 1 is 0.500 bits per heavy atom. The first kappa shape index (κ1) is 21.8. The van der Waals surface area contributed by atoms with Crippen molar-refractivity contribution in [1.29, 1.82) is 0 Å². The van der Waals surface area contributed by atoms with Crippen LogP contribution in [-0.4, -0.2) is 7.11 Å². The Balaban J connectivity index is 2.05. The van der Waals surface area contributed by atoms with Gasteiger partial charge in [0.25, 0.3) is 0 Å². The van der Waals surface area contributed by atoms with Crippen molar-refractivity contribution < 1.29 is 31.1 Å². The molecule has 5 aromatic carbocycles. The zero-order chi connectivity index (χ0) is 24.1. The molecule has 7 heteroatoms. The van der Waals surface area contributed by atoms with Crippen LogP contribution in [0.1, 0.15) is 0 Å². The molecule has 0 aromatic heterocycles. The number of fused-ring (bicyclic) bond motifs is 2. The fraction of sp³-hybridized carbons (Fsp3) is 0.0370. The van der Waals surface area contributed by atoms with Gasteiger partial charge in [-0.1, -0.05) is 30.3 Å². The van der Waals surface area contributed by atoms with E-state index in [9.17, 15) is 8.78 Å². The summed E-state index contributed by atoms with van der Waals surface area (Å²) in [5, 5.41) is -0.229. The van der Waals surface area contributed by atoms with Crippen molar-refractivity contribution in [2.75, 3.05) is 7.11 Å². The summed E-state index contributed by atoms with van der Waals surface area (Å²) in [4.78, 5) is 0. The lowest BCUT2D eigenvalue weighted by Gasteiger charge is -2.19. The standard InChI is InChI=1S/C27H14F6O/c1-34-14-11-21(32)25(22(33)12-14)24-16-5-3-2-4-15(16)23(13-6-7-17(28)20(31)10-13)26-18(29)8-9-19(30)27(24)26/h2-12H,1H3. The maximum atomic E-state index is 15.3. The number of ether oxygens (including phenoxy) is 1. The second-order valence-electron chi connectivity index (χ2n) is 7.67. The molecule has 0 atom stereocenters. The summed E-state index contributed by atoms with van der Waals surface area (Å²) < 4.78 is 93.6. The molecule has 0 aliphatic heterocycles. The van der Waals surface area contributed by atoms with E-state index in [4.69, 9.17) is 4.74 Å². The predicted octanol–water partition coefficient (Wildman–Crippen LogP) is 8.17. The van der Waals surface area contributed by atoms with Crippen LogP contribution in [0.2, 0.25) is 0 Å². The van der Waals surface area contributed by atoms with E-state index in [1.807, 2.05) is 0 Å². The average molecular weight is 468 g/mol. The van der Waals surface area contributed by atoms with Crippen LogP contribution in [0.4, 0.5) is 26.3 Å². The molecule has 5 aromatic rings. The second kappa shape index (κ2) is 8.09. The van der Waals surface area contributed by atoms with Crippen molar-refractivity contribution in [1.82, 2.24) is 0 Å². The van der Waals surface area contributed by atoms with Crippen LogP contribution in [0.3, 0.4) is 0 Å². The molecular weight excluding hydrogens is 454 g/mol. The number of methoxy groups -OCH3 is 1. The average Bonchev–Trinajstić information content (AvgIpc) is 2.82. The third-order valence-electron chi connectivity index (χ3n) is 5.78. The normalized spacial score (nSPS) is 11.4. The van der Waals surface area contributed by atoms with Crippen LogP contribution < -0.4 is 4.74 Å². The first-order valence-electron chi connectivity index (χ1n) is 10.1. The summed E-state index contributed by atoms with van der Waals surface area (Å²) in [6, 6.07) is 12.8. The van der Waals surface area contributed by atoms with Crippen molar-refractivity contribution in [2.24, 2.45) is 0 Å². The van der Waals surface area contributed by atoms with Crippen LogP contribution in [0, 0.1) is 34.9 Å². The summed E-state index contributed by atoms with van der Waals surface area (Å²) in [5.74, 6) is -6.27. The van der Waals surface area contributed by atoms with Gasteiger partial charge in [-0.3, -0.25) is 0 Å². The Morgan fingerprint density at radius 2 is 1.03 bits per heavy atom. The summed E-state index contributed by atoms with van der Waals surface area (Å²) in [6.45, 7) is 0. The molecule has 0 unspecified atom stereocenters. The Labute approximate surface area is 189 Å². The quantitative estimate of drug-likeness (QED) is 0.192. The van der Waals surface area contributed by atoms with Gasteiger partial charge in [-0.25, -0.2) is 26.3 Å². The van der Waals surface area contributed by atoms with E-state index in [1.54, 1.807) is 18.2 Å². The van der Waals surface area contributed by atoms with E-state index in [2.05, 4.69) is 0 Å². The number of halogens is 6. The Kier molecular flexibility index (Phi) is 5.20. The summed E-state index contributed by atoms with van der Waals surface area (Å²) in [5.41, 5.74) is -0.624. The molecule has 1 nitrogen and oxygen atoms in total.